The molecular formula is C29H28N6O6-2. The van der Waals surface area contributed by atoms with Gasteiger partial charge in [0.15, 0.2) is 0 Å². The van der Waals surface area contributed by atoms with E-state index in [4.69, 9.17) is 0 Å². The summed E-state index contributed by atoms with van der Waals surface area (Å²) in [6.07, 6.45) is 0. The Morgan fingerprint density at radius 3 is 1.54 bits per heavy atom. The standard InChI is InChI=1S/C29H28N6O6/c1-18-25(28(36)32(30(18)3)20-11-7-5-8-12-20)27(23-16-15-22(34(38)39)17-24(23)35(40)41)26-19(2)31(4)33(29(26)37)21-13-9-6-10-14-21/h5-17,27,40-41H,1-4H3/q-2. The summed E-state index contributed by atoms with van der Waals surface area (Å²) in [5.74, 6) is -1.13. The van der Waals surface area contributed by atoms with Crippen molar-refractivity contribution in [2.24, 2.45) is 14.1 Å². The predicted octanol–water partition coefficient (Wildman–Crippen LogP) is 3.85. The summed E-state index contributed by atoms with van der Waals surface area (Å²) >= 11 is 0. The van der Waals surface area contributed by atoms with Gasteiger partial charge in [0.25, 0.3) is 11.1 Å². The van der Waals surface area contributed by atoms with Crippen LogP contribution >= 0.6 is 0 Å². The Bertz CT molecular complexity index is 1730. The molecule has 5 rings (SSSR count). The van der Waals surface area contributed by atoms with Gasteiger partial charge in [0.05, 0.1) is 28.4 Å². The minimum atomic E-state index is -1.13. The second kappa shape index (κ2) is 10.6. The molecular weight excluding hydrogens is 528 g/mol. The van der Waals surface area contributed by atoms with Gasteiger partial charge in [-0.25, -0.2) is 9.36 Å². The average Bonchev–Trinajstić information content (AvgIpc) is 3.32. The minimum absolute atomic E-state index is 0.123. The highest BCUT2D eigenvalue weighted by Gasteiger charge is 2.35. The summed E-state index contributed by atoms with van der Waals surface area (Å²) in [4.78, 5) is 28.4. The van der Waals surface area contributed by atoms with Gasteiger partial charge in [0, 0.05) is 31.2 Å². The molecule has 0 radical (unpaired) electrons. The van der Waals surface area contributed by atoms with Crippen LogP contribution in [0.3, 0.4) is 0 Å². The van der Waals surface area contributed by atoms with E-state index in [-0.39, 0.29) is 27.6 Å². The highest BCUT2D eigenvalue weighted by Crippen LogP contribution is 2.39. The molecule has 0 amide bonds. The number of hydrogen-bond acceptors (Lipinski definition) is 8. The first-order chi connectivity index (χ1) is 19.5. The zero-order valence-electron chi connectivity index (χ0n) is 22.8. The van der Waals surface area contributed by atoms with Gasteiger partial charge in [-0.1, -0.05) is 42.5 Å². The maximum absolute atomic E-state index is 14.2. The molecule has 5 aromatic rings. The average molecular weight is 557 g/mol. The fourth-order valence-corrected chi connectivity index (χ4v) is 5.36. The van der Waals surface area contributed by atoms with Gasteiger partial charge in [-0.2, -0.15) is 0 Å². The van der Waals surface area contributed by atoms with Crippen LogP contribution in [-0.4, -0.2) is 29.1 Å². The van der Waals surface area contributed by atoms with Crippen molar-refractivity contribution in [1.29, 1.82) is 0 Å². The molecule has 12 nitrogen and oxygen atoms in total. The normalized spacial score (nSPS) is 11.3. The molecule has 3 aromatic carbocycles. The lowest BCUT2D eigenvalue weighted by atomic mass is 9.84. The molecule has 0 bridgehead atoms. The van der Waals surface area contributed by atoms with Crippen molar-refractivity contribution in [3.05, 3.63) is 138 Å². The van der Waals surface area contributed by atoms with Gasteiger partial charge in [0.1, 0.15) is 5.69 Å². The molecule has 212 valence electrons. The van der Waals surface area contributed by atoms with Crippen molar-refractivity contribution in [2.75, 3.05) is 10.5 Å². The first-order valence-electron chi connectivity index (χ1n) is 12.7. The Morgan fingerprint density at radius 2 is 1.15 bits per heavy atom. The quantitative estimate of drug-likeness (QED) is 0.287. The first-order valence-corrected chi connectivity index (χ1v) is 12.7. The maximum atomic E-state index is 14.2. The number of benzene rings is 3. The van der Waals surface area contributed by atoms with Crippen molar-refractivity contribution in [2.45, 2.75) is 19.8 Å². The molecule has 0 aliphatic carbocycles. The van der Waals surface area contributed by atoms with Crippen LogP contribution < -0.4 is 21.6 Å². The van der Waals surface area contributed by atoms with E-state index in [9.17, 15) is 30.4 Å². The van der Waals surface area contributed by atoms with Gasteiger partial charge in [-0.3, -0.25) is 29.4 Å². The van der Waals surface area contributed by atoms with Gasteiger partial charge >= 0.3 is 0 Å². The van der Waals surface area contributed by atoms with Crippen molar-refractivity contribution < 1.29 is 10.4 Å². The van der Waals surface area contributed by atoms with Crippen LogP contribution in [0.1, 0.15) is 34.0 Å². The van der Waals surface area contributed by atoms with Crippen LogP contribution in [0.2, 0.25) is 0 Å². The van der Waals surface area contributed by atoms with E-state index in [2.05, 4.69) is 0 Å². The van der Waals surface area contributed by atoms with Crippen LogP contribution in [0, 0.1) is 24.3 Å². The smallest absolute Gasteiger partial charge is 0.275 e. The van der Waals surface area contributed by atoms with Crippen LogP contribution in [0.25, 0.3) is 11.4 Å². The third-order valence-electron chi connectivity index (χ3n) is 7.53. The second-order valence-electron chi connectivity index (χ2n) is 9.67. The summed E-state index contributed by atoms with van der Waals surface area (Å²) < 4.78 is 6.25. The largest absolute Gasteiger partial charge is 0.769 e. The molecule has 0 atom stereocenters. The Hall–Kier alpha value is -4.88. The highest BCUT2D eigenvalue weighted by molar-refractivity contribution is 5.66. The Kier molecular flexibility index (Phi) is 7.15. The number of hydrogen-bond donors (Lipinski definition) is 2. The third kappa shape index (κ3) is 4.54. The first kappa shape index (κ1) is 27.7. The lowest BCUT2D eigenvalue weighted by molar-refractivity contribution is 0.0286. The lowest BCUT2D eigenvalue weighted by Gasteiger charge is -2.38. The van der Waals surface area contributed by atoms with E-state index in [0.717, 1.165) is 6.07 Å². The molecule has 41 heavy (non-hydrogen) atoms. The van der Waals surface area contributed by atoms with Gasteiger partial charge < -0.3 is 15.6 Å². The van der Waals surface area contributed by atoms with E-state index in [1.165, 1.54) is 21.5 Å². The molecule has 12 heteroatoms. The summed E-state index contributed by atoms with van der Waals surface area (Å²) in [5, 5.41) is 42.6. The molecule has 0 fully saturated rings. The summed E-state index contributed by atoms with van der Waals surface area (Å²) in [7, 11) is 3.43. The van der Waals surface area contributed by atoms with Gasteiger partial charge in [0.2, 0.25) is 0 Å². The zero-order chi connectivity index (χ0) is 29.6. The van der Waals surface area contributed by atoms with Crippen molar-refractivity contribution in [3.63, 3.8) is 0 Å². The SMILES string of the molecule is Cc1c(C(c2ccc(N([O-])[O-])cc2N(O)O)c2c(C)n(C)n(-c3ccccc3)c2=O)c(=O)n(-c2ccccc2)n1C. The topological polar surface area (TPSA) is 147 Å². The number of anilines is 2. The van der Waals surface area contributed by atoms with Crippen LogP contribution in [-0.2, 0) is 14.1 Å². The Balaban J connectivity index is 1.90. The highest BCUT2D eigenvalue weighted by atomic mass is 16.8. The monoisotopic (exact) mass is 556 g/mol. The third-order valence-corrected chi connectivity index (χ3v) is 7.53. The minimum Gasteiger partial charge on any atom is -0.769 e. The van der Waals surface area contributed by atoms with Crippen LogP contribution in [0.4, 0.5) is 11.4 Å². The second-order valence-corrected chi connectivity index (χ2v) is 9.67. The lowest BCUT2D eigenvalue weighted by Crippen LogP contribution is -2.27. The Morgan fingerprint density at radius 1 is 0.707 bits per heavy atom. The predicted molar refractivity (Wildman–Crippen MR) is 154 cm³/mol. The van der Waals surface area contributed by atoms with Crippen molar-refractivity contribution in [3.8, 4) is 11.4 Å². The number of aromatic nitrogens is 4. The number of para-hydroxylation sites is 2. The molecule has 0 aliphatic heterocycles. The molecule has 0 aliphatic rings. The Labute approximate surface area is 234 Å². The van der Waals surface area contributed by atoms with Gasteiger partial charge in [-0.05, 0) is 55.8 Å². The number of rotatable bonds is 7. The maximum Gasteiger partial charge on any atom is 0.275 e. The van der Waals surface area contributed by atoms with E-state index in [1.807, 2.05) is 12.1 Å². The molecule has 2 heterocycles. The molecule has 0 spiro atoms. The van der Waals surface area contributed by atoms with Crippen LogP contribution in [0.5, 0.6) is 0 Å². The molecule has 0 saturated carbocycles. The van der Waals surface area contributed by atoms with Crippen molar-refractivity contribution in [1.82, 2.24) is 18.7 Å². The summed E-state index contributed by atoms with van der Waals surface area (Å²) in [6, 6.07) is 21.5. The van der Waals surface area contributed by atoms with E-state index in [0.29, 0.717) is 22.8 Å². The molecule has 2 aromatic heterocycles. The van der Waals surface area contributed by atoms with E-state index in [1.54, 1.807) is 85.8 Å². The summed E-state index contributed by atoms with van der Waals surface area (Å²) in [5.41, 5.74) is 1.17. The van der Waals surface area contributed by atoms with Crippen LogP contribution in [0.15, 0.2) is 88.5 Å². The number of nitrogens with zero attached hydrogens (tertiary/aromatic N) is 6. The van der Waals surface area contributed by atoms with E-state index < -0.39 is 28.0 Å². The summed E-state index contributed by atoms with van der Waals surface area (Å²) in [6.45, 7) is 3.47. The van der Waals surface area contributed by atoms with Crippen molar-refractivity contribution >= 4 is 11.4 Å². The molecule has 2 N–H and O–H groups in total. The molecule has 0 saturated heterocycles. The fourth-order valence-electron chi connectivity index (χ4n) is 5.36. The zero-order valence-corrected chi connectivity index (χ0v) is 22.8. The fraction of sp³-hybridized carbons (Fsp3) is 0.172. The van der Waals surface area contributed by atoms with Gasteiger partial charge in [-0.15, -0.1) is 5.23 Å². The molecule has 0 unspecified atom stereocenters. The van der Waals surface area contributed by atoms with E-state index >= 15 is 0 Å².